The topological polar surface area (TPSA) is 83.1 Å². The van der Waals surface area contributed by atoms with Gasteiger partial charge in [0.2, 0.25) is 5.91 Å². The van der Waals surface area contributed by atoms with Crippen molar-refractivity contribution in [2.24, 2.45) is 11.3 Å². The number of rotatable bonds is 5. The molecule has 3 N–H and O–H groups in total. The summed E-state index contributed by atoms with van der Waals surface area (Å²) in [5.74, 6) is 0.475. The minimum Gasteiger partial charge on any atom is -0.372 e. The molecule has 0 bridgehead atoms. The summed E-state index contributed by atoms with van der Waals surface area (Å²) in [6.45, 7) is 6.43. The van der Waals surface area contributed by atoms with E-state index in [1.54, 1.807) is 24.2 Å². The molecule has 0 saturated carbocycles. The normalized spacial score (nSPS) is 30.9. The Morgan fingerprint density at radius 2 is 2.07 bits per heavy atom. The standard InChI is InChI=1S/C22H30N4O2S/c1-4-5-9-29-21-25-19-18(20(28)26-21)16(13-7-6-8-23-12-13)17-14(24-19)10-22(2,3)11-15(17)27/h6-8,12,16,18-19,21,24-25H,4-5,9-11H2,1-3H3,(H,26,28). The van der Waals surface area contributed by atoms with Gasteiger partial charge in [0.1, 0.15) is 5.50 Å². The van der Waals surface area contributed by atoms with Crippen molar-refractivity contribution in [1.29, 1.82) is 0 Å². The van der Waals surface area contributed by atoms with Crippen LogP contribution in [0.3, 0.4) is 0 Å². The molecule has 1 amide bonds. The predicted octanol–water partition coefficient (Wildman–Crippen LogP) is 2.89. The number of unbranched alkanes of at least 4 members (excludes halogenated alkanes) is 1. The lowest BCUT2D eigenvalue weighted by molar-refractivity contribution is -0.130. The van der Waals surface area contributed by atoms with Gasteiger partial charge in [-0.05, 0) is 35.6 Å². The zero-order chi connectivity index (χ0) is 20.6. The lowest BCUT2D eigenvalue weighted by Crippen LogP contribution is -2.68. The molecule has 7 heteroatoms. The van der Waals surface area contributed by atoms with E-state index in [2.05, 4.69) is 41.7 Å². The molecular formula is C22H30N4O2S. The lowest BCUT2D eigenvalue weighted by atomic mass is 9.66. The molecule has 3 aliphatic rings. The van der Waals surface area contributed by atoms with E-state index < -0.39 is 0 Å². The first kappa shape index (κ1) is 20.4. The van der Waals surface area contributed by atoms with Gasteiger partial charge in [0.05, 0.1) is 12.1 Å². The molecule has 0 spiro atoms. The van der Waals surface area contributed by atoms with Crippen LogP contribution >= 0.6 is 11.8 Å². The Labute approximate surface area is 176 Å². The molecule has 4 unspecified atom stereocenters. The fourth-order valence-electron chi connectivity index (χ4n) is 4.72. The average Bonchev–Trinajstić information content (AvgIpc) is 2.66. The average molecular weight is 415 g/mol. The van der Waals surface area contributed by atoms with Gasteiger partial charge in [-0.25, -0.2) is 0 Å². The molecule has 1 saturated heterocycles. The molecule has 1 aliphatic carbocycles. The van der Waals surface area contributed by atoms with Crippen molar-refractivity contribution >= 4 is 23.5 Å². The molecular weight excluding hydrogens is 384 g/mol. The van der Waals surface area contributed by atoms with Gasteiger partial charge in [-0.1, -0.05) is 33.3 Å². The van der Waals surface area contributed by atoms with Gasteiger partial charge in [0.25, 0.3) is 0 Å². The van der Waals surface area contributed by atoms with Crippen molar-refractivity contribution in [2.45, 2.75) is 64.0 Å². The quantitative estimate of drug-likeness (QED) is 0.643. The number of aromatic nitrogens is 1. The van der Waals surface area contributed by atoms with Crippen LogP contribution in [0.25, 0.3) is 0 Å². The highest BCUT2D eigenvalue weighted by Gasteiger charge is 2.50. The zero-order valence-corrected chi connectivity index (χ0v) is 18.1. The summed E-state index contributed by atoms with van der Waals surface area (Å²) in [6.07, 6.45) is 6.89. The van der Waals surface area contributed by atoms with Crippen molar-refractivity contribution in [2.75, 3.05) is 5.75 Å². The molecule has 29 heavy (non-hydrogen) atoms. The third-order valence-electron chi connectivity index (χ3n) is 6.01. The molecule has 1 fully saturated rings. The number of fused-ring (bicyclic) bond motifs is 1. The number of thioether (sulfide) groups is 1. The van der Waals surface area contributed by atoms with E-state index in [1.165, 1.54) is 0 Å². The van der Waals surface area contributed by atoms with Crippen LogP contribution in [-0.2, 0) is 9.59 Å². The molecule has 3 heterocycles. The number of carbonyl (C=O) groups is 2. The Balaban J connectivity index is 1.70. The Morgan fingerprint density at radius 3 is 2.79 bits per heavy atom. The first-order valence-corrected chi connectivity index (χ1v) is 11.6. The summed E-state index contributed by atoms with van der Waals surface area (Å²) in [4.78, 5) is 30.6. The number of carbonyl (C=O) groups excluding carboxylic acids is 2. The van der Waals surface area contributed by atoms with Crippen molar-refractivity contribution < 1.29 is 9.59 Å². The summed E-state index contributed by atoms with van der Waals surface area (Å²) < 4.78 is 0. The van der Waals surface area contributed by atoms with Gasteiger partial charge in [0.15, 0.2) is 5.78 Å². The first-order chi connectivity index (χ1) is 13.9. The van der Waals surface area contributed by atoms with E-state index in [0.717, 1.165) is 41.8 Å². The third-order valence-corrected chi connectivity index (χ3v) is 7.12. The second kappa shape index (κ2) is 8.11. The maximum atomic E-state index is 13.2. The van der Waals surface area contributed by atoms with Gasteiger partial charge >= 0.3 is 0 Å². The minimum absolute atomic E-state index is 0.00622. The van der Waals surface area contributed by atoms with Crippen molar-refractivity contribution in [3.63, 3.8) is 0 Å². The molecule has 6 nitrogen and oxygen atoms in total. The van der Waals surface area contributed by atoms with Gasteiger partial charge < -0.3 is 10.6 Å². The predicted molar refractivity (Wildman–Crippen MR) is 115 cm³/mol. The molecule has 4 atom stereocenters. The van der Waals surface area contributed by atoms with Crippen molar-refractivity contribution in [1.82, 2.24) is 20.9 Å². The fraction of sp³-hybridized carbons (Fsp3) is 0.591. The number of ketones is 1. The number of pyridine rings is 1. The van der Waals surface area contributed by atoms with Gasteiger partial charge in [-0.2, -0.15) is 0 Å². The number of hydrogen-bond donors (Lipinski definition) is 3. The molecule has 156 valence electrons. The van der Waals surface area contributed by atoms with E-state index in [-0.39, 0.29) is 40.6 Å². The second-order valence-electron chi connectivity index (χ2n) is 9.02. The highest BCUT2D eigenvalue weighted by molar-refractivity contribution is 7.99. The summed E-state index contributed by atoms with van der Waals surface area (Å²) in [7, 11) is 0. The number of nitrogens with zero attached hydrogens (tertiary/aromatic N) is 1. The third kappa shape index (κ3) is 4.08. The SMILES string of the molecule is CCCCSC1NC(=O)C2C(NC3=C(C(=O)CC(C)(C)C3)C2c2cccnc2)N1. The van der Waals surface area contributed by atoms with Gasteiger partial charge in [-0.3, -0.25) is 19.9 Å². The summed E-state index contributed by atoms with van der Waals surface area (Å²) in [6, 6.07) is 3.86. The number of allylic oxidation sites excluding steroid dienone is 2. The van der Waals surface area contributed by atoms with Crippen LogP contribution in [0.1, 0.15) is 57.9 Å². The van der Waals surface area contributed by atoms with Crippen LogP contribution in [-0.4, -0.2) is 34.1 Å². The van der Waals surface area contributed by atoms with Crippen LogP contribution < -0.4 is 16.0 Å². The Kier molecular flexibility index (Phi) is 5.71. The summed E-state index contributed by atoms with van der Waals surface area (Å²) in [5, 5.41) is 10.2. The van der Waals surface area contributed by atoms with E-state index in [9.17, 15) is 9.59 Å². The number of amides is 1. The van der Waals surface area contributed by atoms with Crippen LogP contribution in [0, 0.1) is 11.3 Å². The smallest absolute Gasteiger partial charge is 0.229 e. The number of Topliss-reactive ketones (excluding diaryl/α,β-unsaturated/α-hetero) is 1. The number of hydrogen-bond acceptors (Lipinski definition) is 6. The molecule has 0 radical (unpaired) electrons. The summed E-state index contributed by atoms with van der Waals surface area (Å²) in [5.41, 5.74) is 2.49. The van der Waals surface area contributed by atoms with Crippen LogP contribution in [0.15, 0.2) is 35.8 Å². The zero-order valence-electron chi connectivity index (χ0n) is 17.3. The number of nitrogens with one attached hydrogen (secondary N) is 3. The van der Waals surface area contributed by atoms with Gasteiger partial charge in [0, 0.05) is 36.0 Å². The maximum Gasteiger partial charge on any atom is 0.229 e. The van der Waals surface area contributed by atoms with Crippen molar-refractivity contribution in [3.8, 4) is 0 Å². The van der Waals surface area contributed by atoms with E-state index in [1.807, 2.05) is 12.1 Å². The monoisotopic (exact) mass is 414 g/mol. The first-order valence-electron chi connectivity index (χ1n) is 10.5. The maximum absolute atomic E-state index is 13.2. The Hall–Kier alpha value is -1.86. The highest BCUT2D eigenvalue weighted by Crippen LogP contribution is 2.47. The van der Waals surface area contributed by atoms with E-state index in [0.29, 0.717) is 6.42 Å². The molecule has 1 aromatic heterocycles. The van der Waals surface area contributed by atoms with Gasteiger partial charge in [-0.15, -0.1) is 11.8 Å². The van der Waals surface area contributed by atoms with E-state index in [4.69, 9.17) is 0 Å². The Bertz CT molecular complexity index is 823. The molecule has 4 rings (SSSR count). The molecule has 2 aliphatic heterocycles. The second-order valence-corrected chi connectivity index (χ2v) is 10.2. The van der Waals surface area contributed by atoms with Crippen LogP contribution in [0.2, 0.25) is 0 Å². The van der Waals surface area contributed by atoms with E-state index >= 15 is 0 Å². The highest BCUT2D eigenvalue weighted by atomic mass is 32.2. The lowest BCUT2D eigenvalue weighted by Gasteiger charge is -2.48. The van der Waals surface area contributed by atoms with Crippen molar-refractivity contribution in [3.05, 3.63) is 41.4 Å². The Morgan fingerprint density at radius 1 is 1.24 bits per heavy atom. The van der Waals surface area contributed by atoms with Crippen LogP contribution in [0.5, 0.6) is 0 Å². The molecule has 1 aromatic rings. The summed E-state index contributed by atoms with van der Waals surface area (Å²) >= 11 is 1.73. The fourth-order valence-corrected chi connectivity index (χ4v) is 5.85. The van der Waals surface area contributed by atoms with Crippen LogP contribution in [0.4, 0.5) is 0 Å². The largest absolute Gasteiger partial charge is 0.372 e. The molecule has 0 aromatic carbocycles. The minimum atomic E-state index is -0.383.